The topological polar surface area (TPSA) is 58.6 Å². The number of benzene rings is 1. The second-order valence-electron chi connectivity index (χ2n) is 5.27. The van der Waals surface area contributed by atoms with E-state index in [1.807, 2.05) is 10.8 Å². The first-order valence-electron chi connectivity index (χ1n) is 6.92. The number of ether oxygens (including phenoxy) is 1. The highest BCUT2D eigenvalue weighted by Crippen LogP contribution is 2.22. The zero-order chi connectivity index (χ0) is 16.9. The highest BCUT2D eigenvalue weighted by molar-refractivity contribution is 7.08. The van der Waals surface area contributed by atoms with Crippen LogP contribution in [0.4, 0.5) is 8.78 Å². The van der Waals surface area contributed by atoms with Gasteiger partial charge in [-0.15, -0.1) is 0 Å². The molecule has 0 bridgehead atoms. The van der Waals surface area contributed by atoms with Crippen molar-refractivity contribution in [2.45, 2.75) is 25.6 Å². The smallest absolute Gasteiger partial charge is 0.387 e. The van der Waals surface area contributed by atoms with Crippen LogP contribution in [0, 0.1) is 0 Å². The van der Waals surface area contributed by atoms with Gasteiger partial charge < -0.3 is 15.2 Å². The number of amides is 1. The molecule has 4 nitrogen and oxygen atoms in total. The number of rotatable bonds is 7. The molecule has 0 aliphatic rings. The maximum absolute atomic E-state index is 12.2. The molecule has 1 atom stereocenters. The van der Waals surface area contributed by atoms with E-state index in [2.05, 4.69) is 10.1 Å². The number of aliphatic hydroxyl groups is 1. The van der Waals surface area contributed by atoms with Crippen LogP contribution >= 0.6 is 11.3 Å². The van der Waals surface area contributed by atoms with E-state index in [-0.39, 0.29) is 24.6 Å². The van der Waals surface area contributed by atoms with E-state index in [0.717, 1.165) is 5.56 Å². The minimum Gasteiger partial charge on any atom is -0.435 e. The Balaban J connectivity index is 1.90. The van der Waals surface area contributed by atoms with E-state index in [1.165, 1.54) is 23.5 Å². The van der Waals surface area contributed by atoms with Crippen molar-refractivity contribution in [3.63, 3.8) is 0 Å². The second-order valence-corrected chi connectivity index (χ2v) is 6.05. The molecule has 0 aliphatic carbocycles. The van der Waals surface area contributed by atoms with Crippen LogP contribution in [0.1, 0.15) is 18.1 Å². The Hall–Kier alpha value is -1.99. The minimum absolute atomic E-state index is 0.00979. The molecule has 1 unspecified atom stereocenters. The van der Waals surface area contributed by atoms with Crippen molar-refractivity contribution in [3.8, 4) is 5.75 Å². The van der Waals surface area contributed by atoms with Gasteiger partial charge in [0, 0.05) is 0 Å². The van der Waals surface area contributed by atoms with E-state index < -0.39 is 12.2 Å². The Kier molecular flexibility index (Phi) is 5.68. The highest BCUT2D eigenvalue weighted by Gasteiger charge is 2.24. The second kappa shape index (κ2) is 7.52. The molecule has 2 rings (SSSR count). The van der Waals surface area contributed by atoms with Crippen LogP contribution in [0.15, 0.2) is 41.1 Å². The molecule has 7 heteroatoms. The lowest BCUT2D eigenvalue weighted by molar-refractivity contribution is -0.121. The average molecular weight is 341 g/mol. The summed E-state index contributed by atoms with van der Waals surface area (Å²) in [5.41, 5.74) is 0.127. The maximum atomic E-state index is 12.2. The number of thiophene rings is 1. The number of alkyl halides is 2. The predicted octanol–water partition coefficient (Wildman–Crippen LogP) is 2.92. The molecule has 1 aromatic heterocycles. The monoisotopic (exact) mass is 341 g/mol. The van der Waals surface area contributed by atoms with Crippen LogP contribution in [0.2, 0.25) is 0 Å². The molecule has 2 N–H and O–H groups in total. The fraction of sp³-hybridized carbons (Fsp3) is 0.312. The van der Waals surface area contributed by atoms with Crippen molar-refractivity contribution < 1.29 is 23.4 Å². The van der Waals surface area contributed by atoms with E-state index in [1.54, 1.807) is 25.1 Å². The Morgan fingerprint density at radius 3 is 2.87 bits per heavy atom. The van der Waals surface area contributed by atoms with Gasteiger partial charge in [0.05, 0.1) is 13.0 Å². The van der Waals surface area contributed by atoms with E-state index in [4.69, 9.17) is 0 Å². The third kappa shape index (κ3) is 5.30. The summed E-state index contributed by atoms with van der Waals surface area (Å²) in [6.07, 6.45) is 0.0140. The third-order valence-electron chi connectivity index (χ3n) is 3.26. The molecule has 0 fully saturated rings. The normalized spacial score (nSPS) is 13.6. The van der Waals surface area contributed by atoms with Crippen LogP contribution < -0.4 is 10.1 Å². The fourth-order valence-electron chi connectivity index (χ4n) is 2.02. The molecule has 1 amide bonds. The van der Waals surface area contributed by atoms with Gasteiger partial charge in [0.2, 0.25) is 5.91 Å². The molecule has 23 heavy (non-hydrogen) atoms. The minimum atomic E-state index is -2.90. The SMILES string of the molecule is CC(O)(CNC(=O)Cc1cccc(OC(F)F)c1)c1ccsc1. The standard InChI is InChI=1S/C16H17F2NO3S/c1-16(21,12-5-6-23-9-12)10-19-14(20)8-11-3-2-4-13(7-11)22-15(17)18/h2-7,9,15,21H,8,10H2,1H3,(H,19,20). The number of nitrogens with one attached hydrogen (secondary N) is 1. The molecule has 0 spiro atoms. The highest BCUT2D eigenvalue weighted by atomic mass is 32.1. The van der Waals surface area contributed by atoms with Crippen molar-refractivity contribution in [1.82, 2.24) is 5.32 Å². The van der Waals surface area contributed by atoms with Gasteiger partial charge in [-0.1, -0.05) is 12.1 Å². The predicted molar refractivity (Wildman–Crippen MR) is 83.7 cm³/mol. The van der Waals surface area contributed by atoms with Crippen molar-refractivity contribution in [2.24, 2.45) is 0 Å². The zero-order valence-corrected chi connectivity index (χ0v) is 13.3. The summed E-state index contributed by atoms with van der Waals surface area (Å²) in [4.78, 5) is 12.0. The number of hydrogen-bond acceptors (Lipinski definition) is 4. The van der Waals surface area contributed by atoms with Gasteiger partial charge in [-0.3, -0.25) is 4.79 Å². The van der Waals surface area contributed by atoms with Crippen LogP contribution in [0.5, 0.6) is 5.75 Å². The summed E-state index contributed by atoms with van der Waals surface area (Å²) in [5, 5.41) is 16.6. The quantitative estimate of drug-likeness (QED) is 0.814. The lowest BCUT2D eigenvalue weighted by atomic mass is 9.99. The van der Waals surface area contributed by atoms with Crippen molar-refractivity contribution in [2.75, 3.05) is 6.54 Å². The van der Waals surface area contributed by atoms with Gasteiger partial charge in [-0.2, -0.15) is 20.1 Å². The Bertz CT molecular complexity index is 645. The first-order valence-corrected chi connectivity index (χ1v) is 7.86. The molecular formula is C16H17F2NO3S. The lowest BCUT2D eigenvalue weighted by Crippen LogP contribution is -2.39. The Morgan fingerprint density at radius 1 is 1.43 bits per heavy atom. The number of carbonyl (C=O) groups excluding carboxylic acids is 1. The zero-order valence-electron chi connectivity index (χ0n) is 12.5. The molecule has 1 heterocycles. The van der Waals surface area contributed by atoms with Crippen molar-refractivity contribution in [3.05, 3.63) is 52.2 Å². The van der Waals surface area contributed by atoms with Gasteiger partial charge in [0.1, 0.15) is 11.4 Å². The molecule has 124 valence electrons. The van der Waals surface area contributed by atoms with Gasteiger partial charge >= 0.3 is 6.61 Å². The largest absolute Gasteiger partial charge is 0.435 e. The van der Waals surface area contributed by atoms with E-state index in [9.17, 15) is 18.7 Å². The Labute approximate surface area is 136 Å². The van der Waals surface area contributed by atoms with Crippen molar-refractivity contribution >= 4 is 17.2 Å². The van der Waals surface area contributed by atoms with Crippen LogP contribution in [0.3, 0.4) is 0 Å². The molecule has 0 radical (unpaired) electrons. The van der Waals surface area contributed by atoms with Crippen LogP contribution in [-0.2, 0) is 16.8 Å². The van der Waals surface area contributed by atoms with Crippen LogP contribution in [-0.4, -0.2) is 24.2 Å². The summed E-state index contributed by atoms with van der Waals surface area (Å²) in [6, 6.07) is 7.77. The number of halogens is 2. The summed E-state index contributed by atoms with van der Waals surface area (Å²) in [6.45, 7) is -1.22. The molecular weight excluding hydrogens is 324 g/mol. The van der Waals surface area contributed by atoms with Crippen LogP contribution in [0.25, 0.3) is 0 Å². The first kappa shape index (κ1) is 17.4. The van der Waals surface area contributed by atoms with Gasteiger partial charge in [0.25, 0.3) is 0 Å². The summed E-state index contributed by atoms with van der Waals surface area (Å²) < 4.78 is 28.6. The first-order chi connectivity index (χ1) is 10.9. The van der Waals surface area contributed by atoms with E-state index >= 15 is 0 Å². The number of carbonyl (C=O) groups is 1. The molecule has 2 aromatic rings. The number of hydrogen-bond donors (Lipinski definition) is 2. The molecule has 0 aliphatic heterocycles. The van der Waals surface area contributed by atoms with Crippen molar-refractivity contribution in [1.29, 1.82) is 0 Å². The molecule has 0 saturated heterocycles. The summed E-state index contributed by atoms with van der Waals surface area (Å²) >= 11 is 1.46. The summed E-state index contributed by atoms with van der Waals surface area (Å²) in [5.74, 6) is -0.301. The van der Waals surface area contributed by atoms with Gasteiger partial charge in [-0.05, 0) is 47.0 Å². The lowest BCUT2D eigenvalue weighted by Gasteiger charge is -2.22. The fourth-order valence-corrected chi connectivity index (χ4v) is 2.81. The Morgan fingerprint density at radius 2 is 2.22 bits per heavy atom. The van der Waals surface area contributed by atoms with Gasteiger partial charge in [-0.25, -0.2) is 0 Å². The third-order valence-corrected chi connectivity index (χ3v) is 3.94. The summed E-state index contributed by atoms with van der Waals surface area (Å²) in [7, 11) is 0. The van der Waals surface area contributed by atoms with Gasteiger partial charge in [0.15, 0.2) is 0 Å². The average Bonchev–Trinajstić information content (AvgIpc) is 3.00. The maximum Gasteiger partial charge on any atom is 0.387 e. The van der Waals surface area contributed by atoms with E-state index in [0.29, 0.717) is 5.56 Å². The molecule has 1 aromatic carbocycles. The molecule has 0 saturated carbocycles.